The third kappa shape index (κ3) is 5.69. The lowest BCUT2D eigenvalue weighted by Crippen LogP contribution is -2.46. The van der Waals surface area contributed by atoms with Crippen molar-refractivity contribution in [3.63, 3.8) is 0 Å². The molecule has 0 bridgehead atoms. The van der Waals surface area contributed by atoms with Gasteiger partial charge < -0.3 is 25.2 Å². The Morgan fingerprint density at radius 2 is 1.68 bits per heavy atom. The summed E-state index contributed by atoms with van der Waals surface area (Å²) < 4.78 is 5.44. The molecule has 7 nitrogen and oxygen atoms in total. The summed E-state index contributed by atoms with van der Waals surface area (Å²) >= 11 is 0. The lowest BCUT2D eigenvalue weighted by atomic mass is 9.94. The predicted octanol–water partition coefficient (Wildman–Crippen LogP) is 1.70. The van der Waals surface area contributed by atoms with Gasteiger partial charge in [-0.25, -0.2) is 0 Å². The maximum absolute atomic E-state index is 12.1. The van der Waals surface area contributed by atoms with Crippen LogP contribution in [0.3, 0.4) is 0 Å². The van der Waals surface area contributed by atoms with Crippen LogP contribution >= 0.6 is 0 Å². The fraction of sp³-hybridized carbons (Fsp3) is 0.619. The van der Waals surface area contributed by atoms with Gasteiger partial charge >= 0.3 is 11.8 Å². The summed E-state index contributed by atoms with van der Waals surface area (Å²) in [5, 5.41) is 5.45. The van der Waals surface area contributed by atoms with E-state index in [0.717, 1.165) is 57.7 Å². The molecule has 0 aliphatic carbocycles. The summed E-state index contributed by atoms with van der Waals surface area (Å²) in [7, 11) is 3.91. The smallest absolute Gasteiger partial charge is 0.313 e. The molecule has 2 amide bonds. The normalized spacial score (nSPS) is 19.2. The van der Waals surface area contributed by atoms with Gasteiger partial charge in [-0.2, -0.15) is 0 Å². The van der Waals surface area contributed by atoms with E-state index < -0.39 is 11.8 Å². The van der Waals surface area contributed by atoms with E-state index in [1.807, 2.05) is 31.1 Å². The number of likely N-dealkylation sites (tertiary alicyclic amines) is 1. The second kappa shape index (κ2) is 9.89. The van der Waals surface area contributed by atoms with Crippen LogP contribution in [-0.4, -0.2) is 69.7 Å². The molecule has 0 unspecified atom stereocenters. The molecule has 0 saturated carbocycles. The van der Waals surface area contributed by atoms with Crippen LogP contribution in [0.1, 0.15) is 25.7 Å². The standard InChI is InChI=1S/C21H32N4O3/c1-24(2)18-5-3-17(4-6-18)23-21(27)20(26)22-15-16-7-11-25(12-8-16)19-9-13-28-14-10-19/h3-6,16,19H,7-15H2,1-2H3,(H,22,26)(H,23,27). The summed E-state index contributed by atoms with van der Waals surface area (Å²) in [5.41, 5.74) is 1.66. The Kier molecular flexibility index (Phi) is 7.28. The quantitative estimate of drug-likeness (QED) is 0.751. The number of carbonyl (C=O) groups excluding carboxylic acids is 2. The number of piperidine rings is 1. The summed E-state index contributed by atoms with van der Waals surface area (Å²) in [4.78, 5) is 28.8. The van der Waals surface area contributed by atoms with E-state index in [1.165, 1.54) is 0 Å². The van der Waals surface area contributed by atoms with Crippen LogP contribution in [0.4, 0.5) is 11.4 Å². The maximum Gasteiger partial charge on any atom is 0.313 e. The molecule has 2 aliphatic rings. The van der Waals surface area contributed by atoms with Crippen molar-refractivity contribution < 1.29 is 14.3 Å². The first kappa shape index (κ1) is 20.6. The third-order valence-electron chi connectivity index (χ3n) is 5.76. The van der Waals surface area contributed by atoms with Gasteiger partial charge in [-0.1, -0.05) is 0 Å². The number of carbonyl (C=O) groups is 2. The second-order valence-corrected chi connectivity index (χ2v) is 7.93. The van der Waals surface area contributed by atoms with E-state index in [4.69, 9.17) is 4.74 Å². The van der Waals surface area contributed by atoms with Crippen molar-refractivity contribution in [2.75, 3.05) is 57.2 Å². The first-order chi connectivity index (χ1) is 13.5. The molecule has 0 spiro atoms. The van der Waals surface area contributed by atoms with Gasteiger partial charge in [0.1, 0.15) is 0 Å². The molecule has 1 aromatic carbocycles. The average Bonchev–Trinajstić information content (AvgIpc) is 2.73. The number of anilines is 2. The number of benzene rings is 1. The molecule has 7 heteroatoms. The first-order valence-corrected chi connectivity index (χ1v) is 10.2. The number of amides is 2. The van der Waals surface area contributed by atoms with E-state index in [-0.39, 0.29) is 0 Å². The Balaban J connectivity index is 1.37. The fourth-order valence-electron chi connectivity index (χ4n) is 3.92. The van der Waals surface area contributed by atoms with Crippen LogP contribution < -0.4 is 15.5 Å². The zero-order valence-electron chi connectivity index (χ0n) is 16.9. The summed E-state index contributed by atoms with van der Waals surface area (Å²) in [6.07, 6.45) is 4.37. The highest BCUT2D eigenvalue weighted by molar-refractivity contribution is 6.39. The minimum Gasteiger partial charge on any atom is -0.381 e. The van der Waals surface area contributed by atoms with Crippen molar-refractivity contribution in [2.45, 2.75) is 31.7 Å². The molecule has 3 rings (SSSR count). The topological polar surface area (TPSA) is 73.9 Å². The molecule has 1 aromatic rings. The van der Waals surface area contributed by atoms with Crippen molar-refractivity contribution >= 4 is 23.2 Å². The van der Waals surface area contributed by atoms with Crippen molar-refractivity contribution in [1.29, 1.82) is 0 Å². The molecule has 0 atom stereocenters. The summed E-state index contributed by atoms with van der Waals surface area (Å²) in [6, 6.07) is 8.05. The Morgan fingerprint density at radius 1 is 1.04 bits per heavy atom. The van der Waals surface area contributed by atoms with Crippen LogP contribution in [0, 0.1) is 5.92 Å². The largest absolute Gasteiger partial charge is 0.381 e. The van der Waals surface area contributed by atoms with Crippen LogP contribution in [0.25, 0.3) is 0 Å². The maximum atomic E-state index is 12.1. The summed E-state index contributed by atoms with van der Waals surface area (Å²) in [6.45, 7) is 4.43. The van der Waals surface area contributed by atoms with Gasteiger partial charge in [-0.3, -0.25) is 9.59 Å². The van der Waals surface area contributed by atoms with E-state index in [0.29, 0.717) is 24.2 Å². The van der Waals surface area contributed by atoms with Crippen LogP contribution in [0.15, 0.2) is 24.3 Å². The van der Waals surface area contributed by atoms with Crippen LogP contribution in [-0.2, 0) is 14.3 Å². The molecule has 28 heavy (non-hydrogen) atoms. The SMILES string of the molecule is CN(C)c1ccc(NC(=O)C(=O)NCC2CCN(C3CCOCC3)CC2)cc1. The summed E-state index contributed by atoms with van der Waals surface area (Å²) in [5.74, 6) is -0.743. The molecule has 154 valence electrons. The number of nitrogens with zero attached hydrogens (tertiary/aromatic N) is 2. The highest BCUT2D eigenvalue weighted by atomic mass is 16.5. The van der Waals surface area contributed by atoms with Crippen molar-refractivity contribution in [3.05, 3.63) is 24.3 Å². The minimum absolute atomic E-state index is 0.437. The van der Waals surface area contributed by atoms with Gasteiger partial charge in [0.2, 0.25) is 0 Å². The van der Waals surface area contributed by atoms with Gasteiger partial charge in [0, 0.05) is 51.3 Å². The number of rotatable bonds is 5. The fourth-order valence-corrected chi connectivity index (χ4v) is 3.92. The number of hydrogen-bond acceptors (Lipinski definition) is 5. The molecule has 2 aliphatic heterocycles. The zero-order chi connectivity index (χ0) is 19.9. The van der Waals surface area contributed by atoms with Gasteiger partial charge in [0.05, 0.1) is 0 Å². The minimum atomic E-state index is -0.614. The Hall–Kier alpha value is -2.12. The van der Waals surface area contributed by atoms with Crippen molar-refractivity contribution in [1.82, 2.24) is 10.2 Å². The predicted molar refractivity (Wildman–Crippen MR) is 111 cm³/mol. The van der Waals surface area contributed by atoms with Crippen molar-refractivity contribution in [2.24, 2.45) is 5.92 Å². The number of ether oxygens (including phenoxy) is 1. The highest BCUT2D eigenvalue weighted by Gasteiger charge is 2.27. The zero-order valence-corrected chi connectivity index (χ0v) is 16.9. The molecule has 2 saturated heterocycles. The molecule has 2 heterocycles. The highest BCUT2D eigenvalue weighted by Crippen LogP contribution is 2.22. The van der Waals surface area contributed by atoms with E-state index >= 15 is 0 Å². The Bertz CT molecular complexity index is 648. The molecular weight excluding hydrogens is 356 g/mol. The van der Waals surface area contributed by atoms with Crippen LogP contribution in [0.2, 0.25) is 0 Å². The van der Waals surface area contributed by atoms with Crippen LogP contribution in [0.5, 0.6) is 0 Å². The Morgan fingerprint density at radius 3 is 2.29 bits per heavy atom. The van der Waals surface area contributed by atoms with E-state index in [2.05, 4.69) is 15.5 Å². The van der Waals surface area contributed by atoms with Gasteiger partial charge in [0.25, 0.3) is 0 Å². The van der Waals surface area contributed by atoms with Crippen molar-refractivity contribution in [3.8, 4) is 0 Å². The molecular formula is C21H32N4O3. The molecule has 0 radical (unpaired) electrons. The lowest BCUT2D eigenvalue weighted by Gasteiger charge is -2.39. The monoisotopic (exact) mass is 388 g/mol. The lowest BCUT2D eigenvalue weighted by molar-refractivity contribution is -0.136. The van der Waals surface area contributed by atoms with E-state index in [9.17, 15) is 9.59 Å². The average molecular weight is 389 g/mol. The number of hydrogen-bond donors (Lipinski definition) is 2. The third-order valence-corrected chi connectivity index (χ3v) is 5.76. The molecule has 2 fully saturated rings. The second-order valence-electron chi connectivity index (χ2n) is 7.93. The Labute approximate surface area is 167 Å². The molecule has 0 aromatic heterocycles. The first-order valence-electron chi connectivity index (χ1n) is 10.2. The number of nitrogens with one attached hydrogen (secondary N) is 2. The van der Waals surface area contributed by atoms with Gasteiger partial charge in [-0.05, 0) is 69.0 Å². The van der Waals surface area contributed by atoms with E-state index in [1.54, 1.807) is 12.1 Å². The van der Waals surface area contributed by atoms with Gasteiger partial charge in [0.15, 0.2) is 0 Å². The molecule has 2 N–H and O–H groups in total. The van der Waals surface area contributed by atoms with Gasteiger partial charge in [-0.15, -0.1) is 0 Å².